The summed E-state index contributed by atoms with van der Waals surface area (Å²) in [5, 5.41) is 0. The summed E-state index contributed by atoms with van der Waals surface area (Å²) < 4.78 is 0. The lowest BCUT2D eigenvalue weighted by atomic mass is 9.81. The molecular weight excluding hydrogens is 174 g/mol. The molecule has 1 aromatic heterocycles. The van der Waals surface area contributed by atoms with Crippen molar-refractivity contribution < 1.29 is 4.79 Å². The number of aromatic nitrogens is 1. The number of hydrogen-bond acceptors (Lipinski definition) is 2. The molecule has 14 heavy (non-hydrogen) atoms. The molecule has 1 saturated carbocycles. The first-order valence-electron chi connectivity index (χ1n) is 5.21. The Morgan fingerprint density at radius 1 is 1.57 bits per heavy atom. The van der Waals surface area contributed by atoms with E-state index in [0.717, 1.165) is 17.7 Å². The maximum atomic E-state index is 11.8. The Morgan fingerprint density at radius 2 is 2.36 bits per heavy atom. The summed E-state index contributed by atoms with van der Waals surface area (Å²) in [6.07, 6.45) is 6.20. The van der Waals surface area contributed by atoms with E-state index in [-0.39, 0.29) is 5.78 Å². The number of carbonyl (C=O) groups is 1. The third kappa shape index (κ3) is 2.00. The Bertz CT molecular complexity index is 342. The number of rotatable bonds is 3. The lowest BCUT2D eigenvalue weighted by Crippen LogP contribution is -2.16. The van der Waals surface area contributed by atoms with Gasteiger partial charge >= 0.3 is 0 Å². The van der Waals surface area contributed by atoms with Crippen LogP contribution in [0.2, 0.25) is 0 Å². The van der Waals surface area contributed by atoms with Gasteiger partial charge in [0.1, 0.15) is 0 Å². The fourth-order valence-electron chi connectivity index (χ4n) is 1.80. The highest BCUT2D eigenvalue weighted by Crippen LogP contribution is 2.30. The number of ketones is 1. The highest BCUT2D eigenvalue weighted by atomic mass is 16.1. The Morgan fingerprint density at radius 3 is 2.93 bits per heavy atom. The van der Waals surface area contributed by atoms with E-state index in [2.05, 4.69) is 4.98 Å². The molecule has 74 valence electrons. The van der Waals surface area contributed by atoms with Gasteiger partial charge in [-0.2, -0.15) is 0 Å². The highest BCUT2D eigenvalue weighted by Gasteiger charge is 2.21. The normalized spacial score (nSPS) is 16.4. The summed E-state index contributed by atoms with van der Waals surface area (Å²) in [6.45, 7) is 1.92. The summed E-state index contributed by atoms with van der Waals surface area (Å²) in [4.78, 5) is 15.9. The van der Waals surface area contributed by atoms with E-state index in [4.69, 9.17) is 0 Å². The van der Waals surface area contributed by atoms with Crippen molar-refractivity contribution in [2.45, 2.75) is 32.6 Å². The first kappa shape index (κ1) is 9.38. The highest BCUT2D eigenvalue weighted by molar-refractivity contribution is 5.96. The lowest BCUT2D eigenvalue weighted by molar-refractivity contribution is 0.0936. The molecule has 0 bridgehead atoms. The van der Waals surface area contributed by atoms with Gasteiger partial charge in [-0.1, -0.05) is 19.3 Å². The average molecular weight is 189 g/mol. The minimum Gasteiger partial charge on any atom is -0.294 e. The SMILES string of the molecule is Cc1cc(C(=O)CC2CCC2)ccn1. The molecule has 0 aromatic carbocycles. The van der Waals surface area contributed by atoms with E-state index in [9.17, 15) is 4.79 Å². The van der Waals surface area contributed by atoms with Crippen LogP contribution in [0, 0.1) is 12.8 Å². The molecule has 2 nitrogen and oxygen atoms in total. The molecule has 0 aliphatic heterocycles. The van der Waals surface area contributed by atoms with Crippen LogP contribution in [0.15, 0.2) is 18.3 Å². The summed E-state index contributed by atoms with van der Waals surface area (Å²) >= 11 is 0. The number of hydrogen-bond donors (Lipinski definition) is 0. The van der Waals surface area contributed by atoms with E-state index in [1.807, 2.05) is 19.1 Å². The standard InChI is InChI=1S/C12H15NO/c1-9-7-11(5-6-13-9)12(14)8-10-3-2-4-10/h5-7,10H,2-4,8H2,1H3. The lowest BCUT2D eigenvalue weighted by Gasteiger charge is -2.24. The predicted molar refractivity (Wildman–Crippen MR) is 55.3 cm³/mol. The predicted octanol–water partition coefficient (Wildman–Crippen LogP) is 2.76. The van der Waals surface area contributed by atoms with Crippen molar-refractivity contribution in [3.05, 3.63) is 29.6 Å². The maximum Gasteiger partial charge on any atom is 0.163 e. The summed E-state index contributed by atoms with van der Waals surface area (Å²) in [7, 11) is 0. The van der Waals surface area contributed by atoms with Crippen molar-refractivity contribution in [1.29, 1.82) is 0 Å². The molecule has 2 rings (SSSR count). The van der Waals surface area contributed by atoms with Crippen LogP contribution in [0.5, 0.6) is 0 Å². The van der Waals surface area contributed by atoms with Gasteiger partial charge in [-0.3, -0.25) is 9.78 Å². The molecule has 0 atom stereocenters. The van der Waals surface area contributed by atoms with Crippen molar-refractivity contribution in [2.24, 2.45) is 5.92 Å². The molecule has 0 radical (unpaired) electrons. The largest absolute Gasteiger partial charge is 0.294 e. The van der Waals surface area contributed by atoms with Gasteiger partial charge in [-0.05, 0) is 25.0 Å². The second kappa shape index (κ2) is 3.91. The molecule has 0 saturated heterocycles. The molecule has 1 heterocycles. The molecule has 0 amide bonds. The van der Waals surface area contributed by atoms with Gasteiger partial charge in [0, 0.05) is 23.9 Å². The zero-order valence-corrected chi connectivity index (χ0v) is 8.49. The van der Waals surface area contributed by atoms with Crippen molar-refractivity contribution >= 4 is 5.78 Å². The molecule has 1 aromatic rings. The van der Waals surface area contributed by atoms with Crippen LogP contribution in [0.4, 0.5) is 0 Å². The van der Waals surface area contributed by atoms with Crippen LogP contribution >= 0.6 is 0 Å². The third-order valence-electron chi connectivity index (χ3n) is 2.92. The van der Waals surface area contributed by atoms with Crippen LogP contribution in [0.3, 0.4) is 0 Å². The fraction of sp³-hybridized carbons (Fsp3) is 0.500. The molecule has 2 heteroatoms. The topological polar surface area (TPSA) is 30.0 Å². The Hall–Kier alpha value is -1.18. The monoisotopic (exact) mass is 189 g/mol. The van der Waals surface area contributed by atoms with E-state index in [1.165, 1.54) is 19.3 Å². The van der Waals surface area contributed by atoms with Crippen molar-refractivity contribution in [3.63, 3.8) is 0 Å². The van der Waals surface area contributed by atoms with Crippen LogP contribution < -0.4 is 0 Å². The number of nitrogens with zero attached hydrogens (tertiary/aromatic N) is 1. The van der Waals surface area contributed by atoms with Gasteiger partial charge in [0.2, 0.25) is 0 Å². The first-order valence-corrected chi connectivity index (χ1v) is 5.21. The Kier molecular flexibility index (Phi) is 2.62. The van der Waals surface area contributed by atoms with E-state index in [1.54, 1.807) is 6.20 Å². The summed E-state index contributed by atoms with van der Waals surface area (Å²) in [6, 6.07) is 3.69. The third-order valence-corrected chi connectivity index (χ3v) is 2.92. The Labute approximate surface area is 84.4 Å². The number of pyridine rings is 1. The first-order chi connectivity index (χ1) is 6.75. The van der Waals surface area contributed by atoms with Gasteiger partial charge in [-0.25, -0.2) is 0 Å². The zero-order valence-electron chi connectivity index (χ0n) is 8.49. The van der Waals surface area contributed by atoms with E-state index >= 15 is 0 Å². The minimum atomic E-state index is 0.278. The summed E-state index contributed by atoms with van der Waals surface area (Å²) in [5.74, 6) is 0.927. The quantitative estimate of drug-likeness (QED) is 0.684. The summed E-state index contributed by atoms with van der Waals surface area (Å²) in [5.41, 5.74) is 1.74. The number of aryl methyl sites for hydroxylation is 1. The van der Waals surface area contributed by atoms with Crippen LogP contribution in [-0.2, 0) is 0 Å². The molecule has 1 aliphatic carbocycles. The van der Waals surface area contributed by atoms with Crippen molar-refractivity contribution in [1.82, 2.24) is 4.98 Å². The van der Waals surface area contributed by atoms with Crippen LogP contribution in [-0.4, -0.2) is 10.8 Å². The van der Waals surface area contributed by atoms with Gasteiger partial charge in [-0.15, -0.1) is 0 Å². The van der Waals surface area contributed by atoms with E-state index < -0.39 is 0 Å². The van der Waals surface area contributed by atoms with Crippen LogP contribution in [0.1, 0.15) is 41.7 Å². The molecule has 0 unspecified atom stereocenters. The molecule has 0 N–H and O–H groups in total. The van der Waals surface area contributed by atoms with Gasteiger partial charge in [0.25, 0.3) is 0 Å². The van der Waals surface area contributed by atoms with Crippen LogP contribution in [0.25, 0.3) is 0 Å². The van der Waals surface area contributed by atoms with Crippen molar-refractivity contribution in [2.75, 3.05) is 0 Å². The smallest absolute Gasteiger partial charge is 0.163 e. The molecule has 1 fully saturated rings. The van der Waals surface area contributed by atoms with Gasteiger partial charge in [0.05, 0.1) is 0 Å². The minimum absolute atomic E-state index is 0.278. The number of carbonyl (C=O) groups excluding carboxylic acids is 1. The molecular formula is C12H15NO. The van der Waals surface area contributed by atoms with Crippen molar-refractivity contribution in [3.8, 4) is 0 Å². The zero-order chi connectivity index (χ0) is 9.97. The second-order valence-corrected chi connectivity index (χ2v) is 4.11. The number of Topliss-reactive ketones (excluding diaryl/α,β-unsaturated/α-hetero) is 1. The van der Waals surface area contributed by atoms with E-state index in [0.29, 0.717) is 5.92 Å². The molecule has 0 spiro atoms. The Balaban J connectivity index is 2.02. The van der Waals surface area contributed by atoms with Gasteiger partial charge in [0.15, 0.2) is 5.78 Å². The fourth-order valence-corrected chi connectivity index (χ4v) is 1.80. The molecule has 1 aliphatic rings. The average Bonchev–Trinajstić information content (AvgIpc) is 2.11. The second-order valence-electron chi connectivity index (χ2n) is 4.11. The van der Waals surface area contributed by atoms with Gasteiger partial charge < -0.3 is 0 Å². The maximum absolute atomic E-state index is 11.8.